The summed E-state index contributed by atoms with van der Waals surface area (Å²) in [5.41, 5.74) is 7.17. The summed E-state index contributed by atoms with van der Waals surface area (Å²) < 4.78 is 5.45. The molecule has 2 aliphatic heterocycles. The number of amides is 4. The van der Waals surface area contributed by atoms with E-state index in [2.05, 4.69) is 20.7 Å². The molecule has 13 nitrogen and oxygen atoms in total. The number of nitrogens with two attached hydrogens (primary N) is 1. The Labute approximate surface area is 234 Å². The van der Waals surface area contributed by atoms with Gasteiger partial charge in [0.15, 0.2) is 5.84 Å². The molecule has 0 bridgehead atoms. The first kappa shape index (κ1) is 29.1. The fourth-order valence-corrected chi connectivity index (χ4v) is 4.99. The van der Waals surface area contributed by atoms with Crippen LogP contribution in [0.3, 0.4) is 0 Å². The Hall–Kier alpha value is -3.87. The molecule has 2 heterocycles. The summed E-state index contributed by atoms with van der Waals surface area (Å²) in [5.74, 6) is -0.513. The van der Waals surface area contributed by atoms with Crippen LogP contribution in [-0.2, 0) is 19.2 Å². The summed E-state index contributed by atoms with van der Waals surface area (Å²) in [6.45, 7) is 3.23. The maximum Gasteiger partial charge on any atom is 0.436 e. The zero-order valence-corrected chi connectivity index (χ0v) is 23.0. The molecule has 2 saturated heterocycles. The average molecular weight is 558 g/mol. The second-order valence-electron chi connectivity index (χ2n) is 10.4. The van der Waals surface area contributed by atoms with Gasteiger partial charge in [0.05, 0.1) is 6.42 Å². The topological polar surface area (TPSA) is 159 Å². The fourth-order valence-electron chi connectivity index (χ4n) is 4.99. The first-order valence-corrected chi connectivity index (χ1v) is 13.9. The molecule has 1 saturated carbocycles. The number of benzene rings is 1. The molecule has 1 atom stereocenters. The van der Waals surface area contributed by atoms with Gasteiger partial charge in [-0.2, -0.15) is 0 Å². The molecule has 0 unspecified atom stereocenters. The van der Waals surface area contributed by atoms with Crippen LogP contribution in [0.25, 0.3) is 0 Å². The minimum absolute atomic E-state index is 0.0142. The van der Waals surface area contributed by atoms with Crippen LogP contribution in [0.2, 0.25) is 0 Å². The number of hydrogen-bond donors (Lipinski definition) is 3. The summed E-state index contributed by atoms with van der Waals surface area (Å²) in [6.07, 6.45) is 5.10. The van der Waals surface area contributed by atoms with Gasteiger partial charge in [0.2, 0.25) is 5.91 Å². The highest BCUT2D eigenvalue weighted by molar-refractivity contribution is 6.02. The van der Waals surface area contributed by atoms with Gasteiger partial charge in [-0.25, -0.2) is 9.59 Å². The van der Waals surface area contributed by atoms with Crippen LogP contribution in [0.5, 0.6) is 0 Å². The lowest BCUT2D eigenvalue weighted by Crippen LogP contribution is -2.47. The quantitative estimate of drug-likeness (QED) is 0.142. The highest BCUT2D eigenvalue weighted by Gasteiger charge is 2.33. The highest BCUT2D eigenvalue weighted by Crippen LogP contribution is 2.23. The number of rotatable bonds is 8. The van der Waals surface area contributed by atoms with Crippen LogP contribution in [0.4, 0.5) is 15.3 Å². The van der Waals surface area contributed by atoms with Gasteiger partial charge in [-0.3, -0.25) is 14.4 Å². The SMILES string of the molecule is CN1CCN(C(=O)ON=C(N)c2ccc(N3CC[C@H](NC(=O)NCCC(=O)OC4CCCCC4)C3=O)cc2)CC1. The Morgan fingerprint density at radius 1 is 1.00 bits per heavy atom. The normalized spacial score (nSPS) is 20.8. The predicted octanol–water partition coefficient (Wildman–Crippen LogP) is 1.36. The van der Waals surface area contributed by atoms with Crippen molar-refractivity contribution in [3.8, 4) is 0 Å². The Morgan fingerprint density at radius 3 is 2.40 bits per heavy atom. The molecule has 0 radical (unpaired) electrons. The van der Waals surface area contributed by atoms with E-state index in [1.165, 1.54) is 6.42 Å². The Balaban J connectivity index is 1.19. The number of hydrogen-bond acceptors (Lipinski definition) is 8. The molecule has 40 heavy (non-hydrogen) atoms. The maximum absolute atomic E-state index is 12.9. The van der Waals surface area contributed by atoms with E-state index in [0.29, 0.717) is 37.3 Å². The zero-order valence-electron chi connectivity index (χ0n) is 23.0. The molecule has 0 spiro atoms. The standard InChI is InChI=1S/C27H39N7O6/c1-32-15-17-33(18-16-32)27(38)40-31-24(28)19-7-9-20(10-8-19)34-14-12-22(25(34)36)30-26(37)29-13-11-23(35)39-21-5-3-2-4-6-21/h7-10,21-22H,2-6,11-18H2,1H3,(H2,28,31)(H2,29,30,37)/t22-/m0/s1. The van der Waals surface area contributed by atoms with Gasteiger partial charge in [0.1, 0.15) is 12.1 Å². The number of piperazine rings is 1. The number of nitrogens with one attached hydrogen (secondary N) is 2. The minimum atomic E-state index is -0.672. The summed E-state index contributed by atoms with van der Waals surface area (Å²) in [6, 6.07) is 5.64. The number of ether oxygens (including phenoxy) is 1. The van der Waals surface area contributed by atoms with Crippen molar-refractivity contribution in [3.63, 3.8) is 0 Å². The van der Waals surface area contributed by atoms with Gasteiger partial charge < -0.3 is 35.8 Å². The van der Waals surface area contributed by atoms with E-state index in [0.717, 1.165) is 38.8 Å². The summed E-state index contributed by atoms with van der Waals surface area (Å²) in [4.78, 5) is 59.7. The molecule has 4 rings (SSSR count). The largest absolute Gasteiger partial charge is 0.462 e. The number of likely N-dealkylation sites (N-methyl/N-ethyl adjacent to an activating group) is 1. The summed E-state index contributed by atoms with van der Waals surface area (Å²) >= 11 is 0. The zero-order chi connectivity index (χ0) is 28.5. The third-order valence-corrected chi connectivity index (χ3v) is 7.43. The van der Waals surface area contributed by atoms with E-state index in [1.807, 2.05) is 7.05 Å². The van der Waals surface area contributed by atoms with E-state index in [1.54, 1.807) is 34.1 Å². The monoisotopic (exact) mass is 557 g/mol. The number of esters is 1. The lowest BCUT2D eigenvalue weighted by molar-refractivity contribution is -0.150. The van der Waals surface area contributed by atoms with Gasteiger partial charge in [0, 0.05) is 50.5 Å². The number of anilines is 1. The van der Waals surface area contributed by atoms with Gasteiger partial charge in [-0.15, -0.1) is 0 Å². The van der Waals surface area contributed by atoms with E-state index in [9.17, 15) is 19.2 Å². The smallest absolute Gasteiger partial charge is 0.436 e. The number of nitrogens with zero attached hydrogens (tertiary/aromatic N) is 4. The number of amidine groups is 1. The molecule has 4 amide bonds. The van der Waals surface area contributed by atoms with Gasteiger partial charge in [-0.1, -0.05) is 11.6 Å². The predicted molar refractivity (Wildman–Crippen MR) is 148 cm³/mol. The Morgan fingerprint density at radius 2 is 1.70 bits per heavy atom. The van der Waals surface area contributed by atoms with Crippen LogP contribution in [0, 0.1) is 0 Å². The molecule has 4 N–H and O–H groups in total. The molecule has 1 aromatic rings. The summed E-state index contributed by atoms with van der Waals surface area (Å²) in [5, 5.41) is 9.07. The van der Waals surface area contributed by atoms with E-state index in [-0.39, 0.29) is 36.8 Å². The van der Waals surface area contributed by atoms with Crippen molar-refractivity contribution >= 4 is 35.5 Å². The summed E-state index contributed by atoms with van der Waals surface area (Å²) in [7, 11) is 1.99. The van der Waals surface area contributed by atoms with Crippen molar-refractivity contribution in [3.05, 3.63) is 29.8 Å². The molecule has 3 aliphatic rings. The van der Waals surface area contributed by atoms with Crippen molar-refractivity contribution in [1.29, 1.82) is 0 Å². The van der Waals surface area contributed by atoms with E-state index < -0.39 is 18.2 Å². The van der Waals surface area contributed by atoms with E-state index in [4.69, 9.17) is 15.3 Å². The van der Waals surface area contributed by atoms with Crippen molar-refractivity contribution in [1.82, 2.24) is 20.4 Å². The maximum atomic E-state index is 12.9. The van der Waals surface area contributed by atoms with Crippen LogP contribution in [-0.4, -0.2) is 98.1 Å². The molecular formula is C27H39N7O6. The molecule has 13 heteroatoms. The molecule has 0 aromatic heterocycles. The van der Waals surface area contributed by atoms with Gasteiger partial charge >= 0.3 is 18.1 Å². The lowest BCUT2D eigenvalue weighted by Gasteiger charge is -2.30. The average Bonchev–Trinajstić information content (AvgIpc) is 3.31. The van der Waals surface area contributed by atoms with Crippen LogP contribution in [0.1, 0.15) is 50.5 Å². The lowest BCUT2D eigenvalue weighted by atomic mass is 9.98. The van der Waals surface area contributed by atoms with E-state index >= 15 is 0 Å². The van der Waals surface area contributed by atoms with Crippen molar-refractivity contribution in [2.45, 2.75) is 57.1 Å². The highest BCUT2D eigenvalue weighted by atomic mass is 16.7. The molecule has 1 aromatic carbocycles. The number of carbonyl (C=O) groups excluding carboxylic acids is 4. The Bertz CT molecular complexity index is 1080. The van der Waals surface area contributed by atoms with Crippen LogP contribution in [0.15, 0.2) is 29.4 Å². The molecular weight excluding hydrogens is 518 g/mol. The van der Waals surface area contributed by atoms with Gasteiger partial charge in [-0.05, 0) is 63.4 Å². The second-order valence-corrected chi connectivity index (χ2v) is 10.4. The third kappa shape index (κ3) is 8.07. The molecule has 1 aliphatic carbocycles. The van der Waals surface area contributed by atoms with Crippen LogP contribution < -0.4 is 21.3 Å². The van der Waals surface area contributed by atoms with Gasteiger partial charge in [0.25, 0.3) is 0 Å². The second kappa shape index (κ2) is 14.0. The van der Waals surface area contributed by atoms with Crippen molar-refractivity contribution < 1.29 is 28.8 Å². The number of carbonyl (C=O) groups is 4. The molecule has 218 valence electrons. The first-order chi connectivity index (χ1) is 19.3. The third-order valence-electron chi connectivity index (χ3n) is 7.43. The fraction of sp³-hybridized carbons (Fsp3) is 0.593. The number of oxime groups is 1. The molecule has 3 fully saturated rings. The minimum Gasteiger partial charge on any atom is -0.462 e. The van der Waals surface area contributed by atoms with Crippen molar-refractivity contribution in [2.24, 2.45) is 10.9 Å². The Kier molecular flexibility index (Phi) is 10.2. The number of urea groups is 1. The van der Waals surface area contributed by atoms with Crippen molar-refractivity contribution in [2.75, 3.05) is 51.2 Å². The van der Waals surface area contributed by atoms with Crippen LogP contribution >= 0.6 is 0 Å². The first-order valence-electron chi connectivity index (χ1n) is 13.9.